The molecule has 0 aromatic rings. The molecule has 0 aromatic heterocycles. The number of hydrogen-bond donors (Lipinski definition) is 2. The van der Waals surface area contributed by atoms with Crippen molar-refractivity contribution in [1.82, 2.24) is 10.2 Å². The minimum Gasteiger partial charge on any atom is -0.480 e. The van der Waals surface area contributed by atoms with Gasteiger partial charge >= 0.3 is 12.0 Å². The van der Waals surface area contributed by atoms with Crippen LogP contribution in [0.15, 0.2) is 0 Å². The number of hydrogen-bond acceptors (Lipinski definition) is 2. The van der Waals surface area contributed by atoms with Crippen molar-refractivity contribution in [1.29, 1.82) is 0 Å². The molecule has 0 rings (SSSR count). The number of carboxylic acids is 1. The van der Waals surface area contributed by atoms with E-state index in [4.69, 9.17) is 5.11 Å². The Morgan fingerprint density at radius 2 is 1.77 bits per heavy atom. The number of carbonyl (C=O) groups excluding carboxylic acids is 1. The predicted octanol–water partition coefficient (Wildman–Crippen LogP) is 0.509. The fraction of sp³-hybridized carbons (Fsp3) is 0.750. The van der Waals surface area contributed by atoms with Gasteiger partial charge in [0.15, 0.2) is 0 Å². The molecule has 0 aliphatic rings. The van der Waals surface area contributed by atoms with Crippen LogP contribution >= 0.6 is 0 Å². The molecule has 0 bridgehead atoms. The monoisotopic (exact) mass is 188 g/mol. The number of amides is 2. The molecule has 0 heterocycles. The standard InChI is InChI=1S/C8H16N2O3/c1-5(2)9-8(13)10(4)6(3)7(11)12/h5-6H,1-4H3,(H,9,13)(H,11,12). The molecule has 0 radical (unpaired) electrons. The summed E-state index contributed by atoms with van der Waals surface area (Å²) in [4.78, 5) is 22.9. The summed E-state index contributed by atoms with van der Waals surface area (Å²) in [6.07, 6.45) is 0. The molecule has 1 atom stereocenters. The Bertz CT molecular complexity index is 204. The predicted molar refractivity (Wildman–Crippen MR) is 48.5 cm³/mol. The van der Waals surface area contributed by atoms with Crippen molar-refractivity contribution in [2.75, 3.05) is 7.05 Å². The molecule has 5 nitrogen and oxygen atoms in total. The number of carboxylic acid groups (broad SMARTS) is 1. The topological polar surface area (TPSA) is 69.6 Å². The molecule has 0 saturated carbocycles. The van der Waals surface area contributed by atoms with Gasteiger partial charge in [-0.3, -0.25) is 0 Å². The quantitative estimate of drug-likeness (QED) is 0.678. The first kappa shape index (κ1) is 11.7. The minimum atomic E-state index is -1.01. The lowest BCUT2D eigenvalue weighted by Crippen LogP contribution is -2.47. The zero-order chi connectivity index (χ0) is 10.6. The minimum absolute atomic E-state index is 0.0101. The first-order chi connectivity index (χ1) is 5.86. The highest BCUT2D eigenvalue weighted by atomic mass is 16.4. The van der Waals surface area contributed by atoms with E-state index >= 15 is 0 Å². The van der Waals surface area contributed by atoms with Crippen molar-refractivity contribution < 1.29 is 14.7 Å². The molecule has 0 aliphatic carbocycles. The largest absolute Gasteiger partial charge is 0.480 e. The lowest BCUT2D eigenvalue weighted by atomic mass is 10.3. The Morgan fingerprint density at radius 1 is 1.31 bits per heavy atom. The molecule has 0 aromatic carbocycles. The van der Waals surface area contributed by atoms with Gasteiger partial charge in [0.25, 0.3) is 0 Å². The third kappa shape index (κ3) is 3.78. The van der Waals surface area contributed by atoms with Crippen molar-refractivity contribution in [3.05, 3.63) is 0 Å². The first-order valence-electron chi connectivity index (χ1n) is 4.12. The number of likely N-dealkylation sites (N-methyl/N-ethyl adjacent to an activating group) is 1. The van der Waals surface area contributed by atoms with Crippen LogP contribution < -0.4 is 5.32 Å². The third-order valence-corrected chi connectivity index (χ3v) is 1.67. The van der Waals surface area contributed by atoms with Crippen LogP contribution in [0.2, 0.25) is 0 Å². The van der Waals surface area contributed by atoms with E-state index in [1.807, 2.05) is 13.8 Å². The van der Waals surface area contributed by atoms with Crippen molar-refractivity contribution in [2.24, 2.45) is 0 Å². The zero-order valence-electron chi connectivity index (χ0n) is 8.37. The lowest BCUT2D eigenvalue weighted by molar-refractivity contribution is -0.141. The molecule has 5 heteroatoms. The average Bonchev–Trinajstić information content (AvgIpc) is 2.00. The highest BCUT2D eigenvalue weighted by Gasteiger charge is 2.21. The van der Waals surface area contributed by atoms with Gasteiger partial charge in [0.05, 0.1) is 0 Å². The van der Waals surface area contributed by atoms with E-state index in [0.29, 0.717) is 0 Å². The maximum Gasteiger partial charge on any atom is 0.326 e. The van der Waals surface area contributed by atoms with E-state index in [9.17, 15) is 9.59 Å². The summed E-state index contributed by atoms with van der Waals surface area (Å²) < 4.78 is 0. The van der Waals surface area contributed by atoms with Gasteiger partial charge in [-0.2, -0.15) is 0 Å². The fourth-order valence-corrected chi connectivity index (χ4v) is 0.690. The lowest BCUT2D eigenvalue weighted by Gasteiger charge is -2.23. The molecule has 0 aliphatic heterocycles. The van der Waals surface area contributed by atoms with Gasteiger partial charge in [0.2, 0.25) is 0 Å². The van der Waals surface area contributed by atoms with Crippen LogP contribution in [0.4, 0.5) is 4.79 Å². The summed E-state index contributed by atoms with van der Waals surface area (Å²) in [5, 5.41) is 11.2. The maximum atomic E-state index is 11.3. The number of nitrogens with one attached hydrogen (secondary N) is 1. The van der Waals surface area contributed by atoms with E-state index in [1.165, 1.54) is 14.0 Å². The van der Waals surface area contributed by atoms with Gasteiger partial charge in [-0.05, 0) is 20.8 Å². The molecule has 2 amide bonds. The van der Waals surface area contributed by atoms with Crippen molar-refractivity contribution in [3.63, 3.8) is 0 Å². The van der Waals surface area contributed by atoms with Crippen molar-refractivity contribution >= 4 is 12.0 Å². The molecular weight excluding hydrogens is 172 g/mol. The smallest absolute Gasteiger partial charge is 0.326 e. The summed E-state index contributed by atoms with van der Waals surface area (Å²) in [6.45, 7) is 5.09. The van der Waals surface area contributed by atoms with Gasteiger partial charge < -0.3 is 15.3 Å². The highest BCUT2D eigenvalue weighted by molar-refractivity contribution is 5.82. The molecule has 0 fully saturated rings. The van der Waals surface area contributed by atoms with E-state index < -0.39 is 12.0 Å². The van der Waals surface area contributed by atoms with Crippen molar-refractivity contribution in [2.45, 2.75) is 32.9 Å². The van der Waals surface area contributed by atoms with Gasteiger partial charge in [-0.1, -0.05) is 0 Å². The van der Waals surface area contributed by atoms with Crippen LogP contribution in [0.1, 0.15) is 20.8 Å². The van der Waals surface area contributed by atoms with E-state index in [1.54, 1.807) is 0 Å². The Balaban J connectivity index is 4.17. The number of urea groups is 1. The van der Waals surface area contributed by atoms with E-state index in [2.05, 4.69) is 5.32 Å². The average molecular weight is 188 g/mol. The molecule has 0 saturated heterocycles. The van der Waals surface area contributed by atoms with E-state index in [-0.39, 0.29) is 12.1 Å². The molecule has 76 valence electrons. The summed E-state index contributed by atoms with van der Waals surface area (Å²) in [7, 11) is 1.45. The third-order valence-electron chi connectivity index (χ3n) is 1.67. The summed E-state index contributed by atoms with van der Waals surface area (Å²) >= 11 is 0. The summed E-state index contributed by atoms with van der Waals surface area (Å²) in [5.41, 5.74) is 0. The first-order valence-corrected chi connectivity index (χ1v) is 4.12. The normalized spacial score (nSPS) is 12.4. The van der Waals surface area contributed by atoms with Gasteiger partial charge in [-0.15, -0.1) is 0 Å². The molecule has 13 heavy (non-hydrogen) atoms. The van der Waals surface area contributed by atoms with Gasteiger partial charge in [-0.25, -0.2) is 9.59 Å². The Hall–Kier alpha value is -1.26. The van der Waals surface area contributed by atoms with E-state index in [0.717, 1.165) is 4.90 Å². The number of nitrogens with zero attached hydrogens (tertiary/aromatic N) is 1. The number of rotatable bonds is 3. The Labute approximate surface area is 77.7 Å². The second-order valence-corrected chi connectivity index (χ2v) is 3.23. The van der Waals surface area contributed by atoms with Gasteiger partial charge in [0, 0.05) is 13.1 Å². The van der Waals surface area contributed by atoms with Crippen LogP contribution in [0.3, 0.4) is 0 Å². The van der Waals surface area contributed by atoms with Gasteiger partial charge in [0.1, 0.15) is 6.04 Å². The van der Waals surface area contributed by atoms with Crippen LogP contribution in [-0.2, 0) is 4.79 Å². The van der Waals surface area contributed by atoms with Crippen LogP contribution in [0.25, 0.3) is 0 Å². The fourth-order valence-electron chi connectivity index (χ4n) is 0.690. The van der Waals surface area contributed by atoms with Crippen LogP contribution in [0.5, 0.6) is 0 Å². The maximum absolute atomic E-state index is 11.3. The SMILES string of the molecule is CC(C)NC(=O)N(C)C(C)C(=O)O. The molecule has 1 unspecified atom stereocenters. The number of aliphatic carboxylic acids is 1. The summed E-state index contributed by atoms with van der Waals surface area (Å²) in [6, 6.07) is -1.17. The van der Waals surface area contributed by atoms with Crippen molar-refractivity contribution in [3.8, 4) is 0 Å². The molecule has 2 N–H and O–H groups in total. The highest BCUT2D eigenvalue weighted by Crippen LogP contribution is 1.96. The zero-order valence-corrected chi connectivity index (χ0v) is 8.37. The van der Waals surface area contributed by atoms with Crippen LogP contribution in [-0.4, -0.2) is 41.1 Å². The number of carbonyl (C=O) groups is 2. The molecular formula is C8H16N2O3. The Morgan fingerprint density at radius 3 is 2.08 bits per heavy atom. The second kappa shape index (κ2) is 4.69. The Kier molecular flexibility index (Phi) is 4.23. The van der Waals surface area contributed by atoms with Crippen LogP contribution in [0, 0.1) is 0 Å². The molecule has 0 spiro atoms. The summed E-state index contributed by atoms with van der Waals surface area (Å²) in [5.74, 6) is -1.01. The second-order valence-electron chi connectivity index (χ2n) is 3.23.